The molecule has 13 heteroatoms. The van der Waals surface area contributed by atoms with Crippen LogP contribution in [-0.2, 0) is 27.0 Å². The minimum Gasteiger partial charge on any atom is -0.609 e. The van der Waals surface area contributed by atoms with E-state index in [1.807, 2.05) is 0 Å². The first-order valence-electron chi connectivity index (χ1n) is 9.98. The Labute approximate surface area is 200 Å². The fourth-order valence-electron chi connectivity index (χ4n) is 3.28. The van der Waals surface area contributed by atoms with Crippen molar-refractivity contribution < 1.29 is 35.3 Å². The maximum absolute atomic E-state index is 13.4. The molecular weight excluding hydrogens is 510 g/mol. The molecule has 1 unspecified atom stereocenters. The highest BCUT2D eigenvalue weighted by molar-refractivity contribution is 7.93. The van der Waals surface area contributed by atoms with Gasteiger partial charge in [0.2, 0.25) is 0 Å². The Hall–Kier alpha value is -3.16. The van der Waals surface area contributed by atoms with Gasteiger partial charge in [-0.3, -0.25) is 4.98 Å². The molecule has 0 N–H and O–H groups in total. The van der Waals surface area contributed by atoms with Gasteiger partial charge in [-0.05, 0) is 49.4 Å². The van der Waals surface area contributed by atoms with Gasteiger partial charge in [0.1, 0.15) is 11.6 Å². The van der Waals surface area contributed by atoms with Crippen molar-refractivity contribution in [2.75, 3.05) is 6.61 Å². The van der Waals surface area contributed by atoms with Crippen LogP contribution in [0.4, 0.5) is 17.6 Å². The lowest BCUT2D eigenvalue weighted by molar-refractivity contribution is -0.153. The first kappa shape index (κ1) is 24.9. The second-order valence-corrected chi connectivity index (χ2v) is 10.5. The number of hydrogen-bond donors (Lipinski definition) is 0. The predicted octanol–water partition coefficient (Wildman–Crippen LogP) is 4.36. The number of rotatable bonds is 7. The van der Waals surface area contributed by atoms with E-state index in [1.165, 1.54) is 25.3 Å². The summed E-state index contributed by atoms with van der Waals surface area (Å²) in [5, 5.41) is -0.307. The van der Waals surface area contributed by atoms with Crippen LogP contribution >= 0.6 is 0 Å². The Morgan fingerprint density at radius 2 is 1.77 bits per heavy atom. The molecule has 0 aliphatic heterocycles. The third-order valence-corrected chi connectivity index (χ3v) is 8.01. The topological polar surface area (TPSA) is 97.1 Å². The Kier molecular flexibility index (Phi) is 6.75. The molecule has 2 aromatic heterocycles. The maximum atomic E-state index is 13.4. The SMILES string of the molecule is Cc1c(OCC(F)(F)F)ccnc1C[S+]([O-])c1nc2ccccc2n1S(=O)(=O)c1ccc(F)cc1. The van der Waals surface area contributed by atoms with Crippen molar-refractivity contribution in [2.45, 2.75) is 28.9 Å². The molecule has 0 bridgehead atoms. The van der Waals surface area contributed by atoms with E-state index in [0.717, 1.165) is 28.2 Å². The Bertz CT molecular complexity index is 1470. The second-order valence-electron chi connectivity index (χ2n) is 7.38. The number of alkyl halides is 3. The Morgan fingerprint density at radius 3 is 2.46 bits per heavy atom. The zero-order valence-electron chi connectivity index (χ0n) is 18.0. The van der Waals surface area contributed by atoms with Crippen LogP contribution in [0.5, 0.6) is 5.75 Å². The number of halogens is 4. The third kappa shape index (κ3) is 5.26. The van der Waals surface area contributed by atoms with Gasteiger partial charge in [0.15, 0.2) is 12.4 Å². The number of aromatic nitrogens is 3. The quantitative estimate of drug-likeness (QED) is 0.262. The Balaban J connectivity index is 1.74. The number of fused-ring (bicyclic) bond motifs is 1. The molecule has 0 amide bonds. The standard InChI is InChI=1S/C22H17F4N3O4S2/c1-14-18(27-11-10-20(14)33-13-22(24,25)26)12-34(30)21-28-17-4-2-3-5-19(17)29(21)35(31,32)16-8-6-15(23)7-9-16/h2-11H,12-13H2,1H3. The minimum atomic E-state index is -4.54. The van der Waals surface area contributed by atoms with Crippen molar-refractivity contribution in [1.82, 2.24) is 13.9 Å². The van der Waals surface area contributed by atoms with E-state index in [1.54, 1.807) is 18.2 Å². The highest BCUT2D eigenvalue weighted by Gasteiger charge is 2.32. The molecular formula is C22H17F4N3O4S2. The zero-order valence-corrected chi connectivity index (χ0v) is 19.6. The maximum Gasteiger partial charge on any atom is 0.422 e. The first-order chi connectivity index (χ1) is 16.5. The predicted molar refractivity (Wildman–Crippen MR) is 119 cm³/mol. The molecule has 2 aromatic carbocycles. The number of ether oxygens (including phenoxy) is 1. The highest BCUT2D eigenvalue weighted by atomic mass is 32.2. The van der Waals surface area contributed by atoms with Crippen molar-refractivity contribution in [3.8, 4) is 5.75 Å². The summed E-state index contributed by atoms with van der Waals surface area (Å²) in [6.07, 6.45) is -3.33. The molecule has 184 valence electrons. The summed E-state index contributed by atoms with van der Waals surface area (Å²) in [5.41, 5.74) is 0.801. The number of pyridine rings is 1. The van der Waals surface area contributed by atoms with Crippen LogP contribution in [0.2, 0.25) is 0 Å². The van der Waals surface area contributed by atoms with Crippen LogP contribution in [0.25, 0.3) is 11.0 Å². The molecule has 2 heterocycles. The normalized spacial score (nSPS) is 13.2. The Morgan fingerprint density at radius 1 is 1.09 bits per heavy atom. The van der Waals surface area contributed by atoms with Crippen molar-refractivity contribution in [2.24, 2.45) is 0 Å². The summed E-state index contributed by atoms with van der Waals surface area (Å²) in [5.74, 6) is -1.05. The summed E-state index contributed by atoms with van der Waals surface area (Å²) >= 11 is -2.08. The third-order valence-electron chi connectivity index (χ3n) is 4.96. The molecule has 0 fully saturated rings. The van der Waals surface area contributed by atoms with Crippen LogP contribution < -0.4 is 4.74 Å². The molecule has 0 spiro atoms. The smallest absolute Gasteiger partial charge is 0.422 e. The average Bonchev–Trinajstić information content (AvgIpc) is 3.20. The van der Waals surface area contributed by atoms with E-state index in [9.17, 15) is 30.5 Å². The van der Waals surface area contributed by atoms with Crippen LogP contribution in [0.3, 0.4) is 0 Å². The molecule has 0 saturated heterocycles. The van der Waals surface area contributed by atoms with E-state index in [-0.39, 0.29) is 43.8 Å². The fraction of sp³-hybridized carbons (Fsp3) is 0.182. The van der Waals surface area contributed by atoms with E-state index < -0.39 is 39.8 Å². The monoisotopic (exact) mass is 527 g/mol. The molecule has 7 nitrogen and oxygen atoms in total. The number of para-hydroxylation sites is 2. The fourth-order valence-corrected chi connectivity index (χ4v) is 6.33. The number of imidazole rings is 1. The van der Waals surface area contributed by atoms with Crippen LogP contribution in [0, 0.1) is 12.7 Å². The number of benzene rings is 2. The molecule has 0 radical (unpaired) electrons. The summed E-state index contributed by atoms with van der Waals surface area (Å²) in [4.78, 5) is 8.08. The molecule has 4 aromatic rings. The van der Waals surface area contributed by atoms with Crippen LogP contribution in [0.1, 0.15) is 11.3 Å². The lowest BCUT2D eigenvalue weighted by Gasteiger charge is -2.15. The van der Waals surface area contributed by atoms with Gasteiger partial charge in [0.05, 0.1) is 21.6 Å². The summed E-state index contributed by atoms with van der Waals surface area (Å²) in [7, 11) is -4.33. The van der Waals surface area contributed by atoms with Gasteiger partial charge in [0, 0.05) is 22.9 Å². The largest absolute Gasteiger partial charge is 0.609 e. The van der Waals surface area contributed by atoms with Gasteiger partial charge in [-0.1, -0.05) is 12.1 Å². The lowest BCUT2D eigenvalue weighted by Crippen LogP contribution is -2.21. The van der Waals surface area contributed by atoms with E-state index in [2.05, 4.69) is 9.97 Å². The molecule has 0 aliphatic rings. The summed E-state index contributed by atoms with van der Waals surface area (Å²) in [6.45, 7) is -0.0461. The van der Waals surface area contributed by atoms with E-state index in [0.29, 0.717) is 0 Å². The number of hydrogen-bond acceptors (Lipinski definition) is 6. The van der Waals surface area contributed by atoms with Gasteiger partial charge in [-0.15, -0.1) is 0 Å². The van der Waals surface area contributed by atoms with Gasteiger partial charge < -0.3 is 9.29 Å². The second kappa shape index (κ2) is 9.47. The lowest BCUT2D eigenvalue weighted by atomic mass is 10.2. The molecule has 4 rings (SSSR count). The molecule has 0 saturated carbocycles. The van der Waals surface area contributed by atoms with E-state index in [4.69, 9.17) is 4.74 Å². The van der Waals surface area contributed by atoms with Crippen LogP contribution in [0.15, 0.2) is 70.8 Å². The van der Waals surface area contributed by atoms with Crippen molar-refractivity contribution in [3.63, 3.8) is 0 Å². The van der Waals surface area contributed by atoms with Crippen molar-refractivity contribution >= 4 is 32.2 Å². The summed E-state index contributed by atoms with van der Waals surface area (Å²) < 4.78 is 96.8. The van der Waals surface area contributed by atoms with Gasteiger partial charge in [0.25, 0.3) is 10.0 Å². The van der Waals surface area contributed by atoms with Crippen molar-refractivity contribution in [3.05, 3.63) is 77.9 Å². The first-order valence-corrected chi connectivity index (χ1v) is 12.7. The van der Waals surface area contributed by atoms with Crippen LogP contribution in [-0.4, -0.2) is 39.7 Å². The van der Waals surface area contributed by atoms with Crippen molar-refractivity contribution in [1.29, 1.82) is 0 Å². The summed E-state index contributed by atoms with van der Waals surface area (Å²) in [6, 6.07) is 11.6. The van der Waals surface area contributed by atoms with Gasteiger partial charge >= 0.3 is 11.3 Å². The zero-order chi connectivity index (χ0) is 25.4. The number of nitrogens with zero attached hydrogens (tertiary/aromatic N) is 3. The van der Waals surface area contributed by atoms with Gasteiger partial charge in [-0.25, -0.2) is 12.8 Å². The molecule has 35 heavy (non-hydrogen) atoms. The molecule has 1 atom stereocenters. The average molecular weight is 528 g/mol. The highest BCUT2D eigenvalue weighted by Crippen LogP contribution is 2.29. The van der Waals surface area contributed by atoms with Gasteiger partial charge in [-0.2, -0.15) is 22.1 Å². The molecule has 0 aliphatic carbocycles. The minimum absolute atomic E-state index is 0.0863. The van der Waals surface area contributed by atoms with E-state index >= 15 is 0 Å².